The van der Waals surface area contributed by atoms with E-state index in [0.29, 0.717) is 0 Å². The quantitative estimate of drug-likeness (QED) is 0.515. The van der Waals surface area contributed by atoms with E-state index in [2.05, 4.69) is 0 Å². The van der Waals surface area contributed by atoms with Gasteiger partial charge in [-0.15, -0.1) is 0 Å². The van der Waals surface area contributed by atoms with E-state index in [1.165, 1.54) is 31.2 Å². The molecule has 0 saturated carbocycles. The van der Waals surface area contributed by atoms with Gasteiger partial charge < -0.3 is 9.52 Å². The molecule has 8 nitrogen and oxygen atoms in total. The summed E-state index contributed by atoms with van der Waals surface area (Å²) in [5, 5.41) is 19.5. The van der Waals surface area contributed by atoms with Crippen molar-refractivity contribution in [3.05, 3.63) is 50.5 Å². The number of non-ortho nitro benzene ring substituents is 1. The highest BCUT2D eigenvalue weighted by Gasteiger charge is 2.13. The number of hydrogen-bond donors (Lipinski definition) is 1. The molecule has 1 aromatic heterocycles. The molecule has 0 unspecified atom stereocenters. The average molecular weight is 278 g/mol. The van der Waals surface area contributed by atoms with Gasteiger partial charge in [-0.05, 0) is 13.0 Å². The minimum Gasteiger partial charge on any atom is -0.478 e. The Bertz CT molecular complexity index is 783. The SMILES string of the molecule is CC(=CCn1c(=O)oc2ccc([N+](=O)[O-])cc21)C(=O)O. The summed E-state index contributed by atoms with van der Waals surface area (Å²) in [6.45, 7) is 1.35. The third-order valence-electron chi connectivity index (χ3n) is 2.78. The zero-order valence-corrected chi connectivity index (χ0v) is 10.4. The molecule has 104 valence electrons. The van der Waals surface area contributed by atoms with Crippen LogP contribution in [0.2, 0.25) is 0 Å². The lowest BCUT2D eigenvalue weighted by Gasteiger charge is -1.98. The summed E-state index contributed by atoms with van der Waals surface area (Å²) in [5.74, 6) is -1.80. The standard InChI is InChI=1S/C12H10N2O6/c1-7(11(15)16)4-5-13-9-6-8(14(18)19)2-3-10(9)20-12(13)17/h2-4,6H,5H2,1H3,(H,15,16). The van der Waals surface area contributed by atoms with Crippen LogP contribution in [0.5, 0.6) is 0 Å². The van der Waals surface area contributed by atoms with Gasteiger partial charge in [0.25, 0.3) is 5.69 Å². The predicted octanol–water partition coefficient (Wildman–Crippen LogP) is 1.53. The highest BCUT2D eigenvalue weighted by atomic mass is 16.6. The maximum Gasteiger partial charge on any atom is 0.420 e. The van der Waals surface area contributed by atoms with Crippen molar-refractivity contribution in [1.29, 1.82) is 0 Å². The van der Waals surface area contributed by atoms with E-state index in [1.807, 2.05) is 0 Å². The van der Waals surface area contributed by atoms with Crippen LogP contribution >= 0.6 is 0 Å². The fraction of sp³-hybridized carbons (Fsp3) is 0.167. The fourth-order valence-corrected chi connectivity index (χ4v) is 1.65. The van der Waals surface area contributed by atoms with Gasteiger partial charge in [0, 0.05) is 24.3 Å². The molecule has 1 aromatic carbocycles. The van der Waals surface area contributed by atoms with Gasteiger partial charge in [-0.1, -0.05) is 6.08 Å². The molecule has 0 radical (unpaired) electrons. The second-order valence-electron chi connectivity index (χ2n) is 4.08. The number of aromatic nitrogens is 1. The van der Waals surface area contributed by atoms with Gasteiger partial charge in [-0.2, -0.15) is 0 Å². The van der Waals surface area contributed by atoms with Crippen molar-refractivity contribution in [3.8, 4) is 0 Å². The third-order valence-corrected chi connectivity index (χ3v) is 2.78. The van der Waals surface area contributed by atoms with Crippen LogP contribution in [0.25, 0.3) is 11.1 Å². The normalized spacial score (nSPS) is 11.8. The summed E-state index contributed by atoms with van der Waals surface area (Å²) in [6.07, 6.45) is 1.33. The van der Waals surface area contributed by atoms with Gasteiger partial charge >= 0.3 is 11.7 Å². The molecular weight excluding hydrogens is 268 g/mol. The Morgan fingerprint density at radius 1 is 1.55 bits per heavy atom. The maximum absolute atomic E-state index is 11.7. The van der Waals surface area contributed by atoms with Crippen LogP contribution < -0.4 is 5.76 Å². The molecule has 20 heavy (non-hydrogen) atoms. The van der Waals surface area contributed by atoms with Crippen LogP contribution in [-0.4, -0.2) is 20.6 Å². The summed E-state index contributed by atoms with van der Waals surface area (Å²) >= 11 is 0. The van der Waals surface area contributed by atoms with Gasteiger partial charge in [0.1, 0.15) is 0 Å². The Kier molecular flexibility index (Phi) is 3.38. The highest BCUT2D eigenvalue weighted by Crippen LogP contribution is 2.20. The molecule has 1 heterocycles. The maximum atomic E-state index is 11.7. The number of carbonyl (C=O) groups is 1. The number of allylic oxidation sites excluding steroid dienone is 1. The van der Waals surface area contributed by atoms with Crippen LogP contribution in [0.1, 0.15) is 6.92 Å². The van der Waals surface area contributed by atoms with Gasteiger partial charge in [0.2, 0.25) is 0 Å². The number of oxazole rings is 1. The highest BCUT2D eigenvalue weighted by molar-refractivity contribution is 5.85. The predicted molar refractivity (Wildman–Crippen MR) is 68.5 cm³/mol. The minimum absolute atomic E-state index is 0.0366. The van der Waals surface area contributed by atoms with Crippen molar-refractivity contribution in [1.82, 2.24) is 4.57 Å². The van der Waals surface area contributed by atoms with Crippen LogP contribution in [0.15, 0.2) is 39.1 Å². The van der Waals surface area contributed by atoms with Crippen molar-refractivity contribution in [2.45, 2.75) is 13.5 Å². The monoisotopic (exact) mass is 278 g/mol. The number of benzene rings is 1. The molecule has 0 bridgehead atoms. The van der Waals surface area contributed by atoms with E-state index >= 15 is 0 Å². The molecule has 2 rings (SSSR count). The molecule has 0 aliphatic heterocycles. The number of rotatable bonds is 4. The number of nitro benzene ring substituents is 1. The molecule has 1 N–H and O–H groups in total. The summed E-state index contributed by atoms with van der Waals surface area (Å²) in [6, 6.07) is 3.78. The Morgan fingerprint density at radius 2 is 2.25 bits per heavy atom. The van der Waals surface area contributed by atoms with Crippen molar-refractivity contribution < 1.29 is 19.2 Å². The van der Waals surface area contributed by atoms with E-state index < -0.39 is 16.6 Å². The lowest BCUT2D eigenvalue weighted by Crippen LogP contribution is -2.13. The summed E-state index contributed by atoms with van der Waals surface area (Å²) in [4.78, 5) is 32.5. The number of carboxylic acids is 1. The first-order valence-corrected chi connectivity index (χ1v) is 5.58. The number of nitro groups is 1. The van der Waals surface area contributed by atoms with Crippen LogP contribution in [0, 0.1) is 10.1 Å². The third kappa shape index (κ3) is 2.44. The zero-order chi connectivity index (χ0) is 14.9. The first-order chi connectivity index (χ1) is 9.40. The lowest BCUT2D eigenvalue weighted by atomic mass is 10.2. The second kappa shape index (κ2) is 5.00. The van der Waals surface area contributed by atoms with E-state index in [0.717, 1.165) is 4.57 Å². The first-order valence-electron chi connectivity index (χ1n) is 5.58. The molecular formula is C12H10N2O6. The summed E-state index contributed by atoms with van der Waals surface area (Å²) < 4.78 is 6.07. The smallest absolute Gasteiger partial charge is 0.420 e. The Hall–Kier alpha value is -2.90. The van der Waals surface area contributed by atoms with Crippen molar-refractivity contribution in [2.24, 2.45) is 0 Å². The van der Waals surface area contributed by atoms with Crippen molar-refractivity contribution >= 4 is 22.8 Å². The summed E-state index contributed by atoms with van der Waals surface area (Å²) in [5.41, 5.74) is 0.350. The molecule has 0 aliphatic rings. The van der Waals surface area contributed by atoms with E-state index in [4.69, 9.17) is 9.52 Å². The molecule has 0 fully saturated rings. The molecule has 0 amide bonds. The lowest BCUT2D eigenvalue weighted by molar-refractivity contribution is -0.384. The number of nitrogens with zero attached hydrogens (tertiary/aromatic N) is 2. The van der Waals surface area contributed by atoms with Crippen molar-refractivity contribution in [3.63, 3.8) is 0 Å². The van der Waals surface area contributed by atoms with Gasteiger partial charge in [-0.3, -0.25) is 14.7 Å². The Labute approximate surface area is 111 Å². The molecule has 8 heteroatoms. The molecule has 0 atom stereocenters. The summed E-state index contributed by atoms with van der Waals surface area (Å²) in [7, 11) is 0. The van der Waals surface area contributed by atoms with Gasteiger partial charge in [0.15, 0.2) is 5.58 Å². The number of fused-ring (bicyclic) bond motifs is 1. The van der Waals surface area contributed by atoms with Crippen LogP contribution in [0.4, 0.5) is 5.69 Å². The molecule has 2 aromatic rings. The Morgan fingerprint density at radius 3 is 2.85 bits per heavy atom. The molecule has 0 saturated heterocycles. The fourth-order valence-electron chi connectivity index (χ4n) is 1.65. The largest absolute Gasteiger partial charge is 0.478 e. The molecule has 0 spiro atoms. The minimum atomic E-state index is -1.10. The second-order valence-corrected chi connectivity index (χ2v) is 4.08. The first kappa shape index (κ1) is 13.5. The Balaban J connectivity index is 2.52. The molecule has 0 aliphatic carbocycles. The topological polar surface area (TPSA) is 116 Å². The zero-order valence-electron chi connectivity index (χ0n) is 10.4. The number of aliphatic carboxylic acids is 1. The van der Waals surface area contributed by atoms with Gasteiger partial charge in [-0.25, -0.2) is 9.59 Å². The van der Waals surface area contributed by atoms with Crippen molar-refractivity contribution in [2.75, 3.05) is 0 Å². The van der Waals surface area contributed by atoms with Crippen LogP contribution in [0.3, 0.4) is 0 Å². The van der Waals surface area contributed by atoms with E-state index in [9.17, 15) is 19.7 Å². The van der Waals surface area contributed by atoms with E-state index in [1.54, 1.807) is 0 Å². The number of carboxylic acid groups (broad SMARTS) is 1. The average Bonchev–Trinajstić information content (AvgIpc) is 2.70. The van der Waals surface area contributed by atoms with E-state index in [-0.39, 0.29) is 28.9 Å². The number of hydrogen-bond acceptors (Lipinski definition) is 5. The van der Waals surface area contributed by atoms with Gasteiger partial charge in [0.05, 0.1) is 10.4 Å². The van der Waals surface area contributed by atoms with Crippen LogP contribution in [-0.2, 0) is 11.3 Å².